The summed E-state index contributed by atoms with van der Waals surface area (Å²) >= 11 is 5.71. The lowest BCUT2D eigenvalue weighted by Crippen LogP contribution is -2.02. The van der Waals surface area contributed by atoms with Crippen LogP contribution in [-0.4, -0.2) is 16.1 Å². The number of pyridine rings is 1. The number of benzene rings is 1. The molecule has 0 aliphatic carbocycles. The first-order valence-corrected chi connectivity index (χ1v) is 5.56. The smallest absolute Gasteiger partial charge is 0.341 e. The fraction of sp³-hybridized carbons (Fsp3) is 0. The highest BCUT2D eigenvalue weighted by Crippen LogP contribution is 2.25. The van der Waals surface area contributed by atoms with Gasteiger partial charge in [0.25, 0.3) is 0 Å². The SMILES string of the molecule is N#Cc1ccc(Oc2nc(Cl)ccc2C(=O)O)cc1. The summed E-state index contributed by atoms with van der Waals surface area (Å²) in [6.45, 7) is 0. The number of carbonyl (C=O) groups is 1. The van der Waals surface area contributed by atoms with Gasteiger partial charge in [0, 0.05) is 0 Å². The number of carboxylic acid groups (broad SMARTS) is 1. The molecule has 0 aliphatic heterocycles. The molecule has 1 N–H and O–H groups in total. The van der Waals surface area contributed by atoms with E-state index in [1.807, 2.05) is 6.07 Å². The van der Waals surface area contributed by atoms with Crippen LogP contribution >= 0.6 is 11.6 Å². The molecule has 6 heteroatoms. The van der Waals surface area contributed by atoms with Gasteiger partial charge in [0.05, 0.1) is 11.6 Å². The summed E-state index contributed by atoms with van der Waals surface area (Å²) in [6.07, 6.45) is 0. The molecule has 0 bridgehead atoms. The Morgan fingerprint density at radius 3 is 2.53 bits per heavy atom. The van der Waals surface area contributed by atoms with Crippen LogP contribution in [0.15, 0.2) is 36.4 Å². The first-order valence-electron chi connectivity index (χ1n) is 5.18. The third kappa shape index (κ3) is 3.00. The maximum Gasteiger partial charge on any atom is 0.341 e. The topological polar surface area (TPSA) is 83.2 Å². The van der Waals surface area contributed by atoms with Crippen LogP contribution in [0, 0.1) is 11.3 Å². The first-order chi connectivity index (χ1) is 9.10. The van der Waals surface area contributed by atoms with Crippen molar-refractivity contribution in [1.29, 1.82) is 5.26 Å². The van der Waals surface area contributed by atoms with Crippen molar-refractivity contribution in [3.8, 4) is 17.7 Å². The van der Waals surface area contributed by atoms with E-state index in [1.54, 1.807) is 24.3 Å². The highest BCUT2D eigenvalue weighted by atomic mass is 35.5. The number of hydrogen-bond donors (Lipinski definition) is 1. The van der Waals surface area contributed by atoms with Crippen molar-refractivity contribution in [2.24, 2.45) is 0 Å². The molecule has 0 amide bonds. The molecule has 1 heterocycles. The maximum atomic E-state index is 11.0. The summed E-state index contributed by atoms with van der Waals surface area (Å²) in [6, 6.07) is 10.9. The standard InChI is InChI=1S/C13H7ClN2O3/c14-11-6-5-10(13(17)18)12(16-11)19-9-3-1-8(7-15)2-4-9/h1-6H,(H,17,18). The van der Waals surface area contributed by atoms with E-state index in [1.165, 1.54) is 12.1 Å². The molecule has 0 unspecified atom stereocenters. The molecular formula is C13H7ClN2O3. The molecule has 0 fully saturated rings. The number of nitriles is 1. The van der Waals surface area contributed by atoms with Gasteiger partial charge in [-0.2, -0.15) is 5.26 Å². The average molecular weight is 275 g/mol. The zero-order chi connectivity index (χ0) is 13.8. The maximum absolute atomic E-state index is 11.0. The van der Waals surface area contributed by atoms with Crippen molar-refractivity contribution in [1.82, 2.24) is 4.98 Å². The van der Waals surface area contributed by atoms with Crippen LogP contribution in [0.25, 0.3) is 0 Å². The van der Waals surface area contributed by atoms with Crippen LogP contribution in [0.5, 0.6) is 11.6 Å². The van der Waals surface area contributed by atoms with E-state index in [0.29, 0.717) is 11.3 Å². The Bertz CT molecular complexity index is 663. The van der Waals surface area contributed by atoms with Crippen molar-refractivity contribution in [2.75, 3.05) is 0 Å². The first kappa shape index (κ1) is 12.9. The summed E-state index contributed by atoms with van der Waals surface area (Å²) in [5.41, 5.74) is 0.388. The van der Waals surface area contributed by atoms with E-state index in [-0.39, 0.29) is 16.6 Å². The Kier molecular flexibility index (Phi) is 3.64. The Balaban J connectivity index is 2.34. The number of aromatic nitrogens is 1. The van der Waals surface area contributed by atoms with Gasteiger partial charge in [0.1, 0.15) is 16.5 Å². The molecule has 0 radical (unpaired) electrons. The fourth-order valence-electron chi connectivity index (χ4n) is 1.37. The average Bonchev–Trinajstić information content (AvgIpc) is 2.39. The highest BCUT2D eigenvalue weighted by molar-refractivity contribution is 6.29. The monoisotopic (exact) mass is 274 g/mol. The lowest BCUT2D eigenvalue weighted by Gasteiger charge is -2.07. The summed E-state index contributed by atoms with van der Waals surface area (Å²) in [7, 11) is 0. The molecule has 19 heavy (non-hydrogen) atoms. The molecule has 0 spiro atoms. The van der Waals surface area contributed by atoms with Gasteiger partial charge >= 0.3 is 5.97 Å². The van der Waals surface area contributed by atoms with Crippen LogP contribution < -0.4 is 4.74 Å². The predicted octanol–water partition coefficient (Wildman–Crippen LogP) is 3.10. The number of hydrogen-bond acceptors (Lipinski definition) is 4. The minimum atomic E-state index is -1.16. The molecule has 0 saturated heterocycles. The van der Waals surface area contributed by atoms with Crippen molar-refractivity contribution >= 4 is 17.6 Å². The quantitative estimate of drug-likeness (QED) is 0.870. The van der Waals surface area contributed by atoms with Crippen LogP contribution in [0.3, 0.4) is 0 Å². The third-order valence-electron chi connectivity index (χ3n) is 2.25. The fourth-order valence-corrected chi connectivity index (χ4v) is 1.51. The minimum Gasteiger partial charge on any atom is -0.477 e. The van der Waals surface area contributed by atoms with Crippen LogP contribution in [-0.2, 0) is 0 Å². The summed E-state index contributed by atoms with van der Waals surface area (Å²) in [4.78, 5) is 14.8. The molecule has 1 aromatic carbocycles. The Hall–Kier alpha value is -2.58. The summed E-state index contributed by atoms with van der Waals surface area (Å²) < 4.78 is 5.37. The third-order valence-corrected chi connectivity index (χ3v) is 2.47. The minimum absolute atomic E-state index is 0.0891. The number of ether oxygens (including phenoxy) is 1. The second kappa shape index (κ2) is 5.38. The predicted molar refractivity (Wildman–Crippen MR) is 67.4 cm³/mol. The van der Waals surface area contributed by atoms with Gasteiger partial charge in [-0.05, 0) is 36.4 Å². The molecule has 0 aliphatic rings. The number of halogens is 1. The molecule has 2 aromatic rings. The van der Waals surface area contributed by atoms with Crippen molar-refractivity contribution < 1.29 is 14.6 Å². The molecular weight excluding hydrogens is 268 g/mol. The summed E-state index contributed by atoms with van der Waals surface area (Å²) in [5.74, 6) is -0.881. The molecule has 94 valence electrons. The van der Waals surface area contributed by atoms with E-state index < -0.39 is 5.97 Å². The zero-order valence-corrected chi connectivity index (χ0v) is 10.3. The van der Waals surface area contributed by atoms with Crippen molar-refractivity contribution in [2.45, 2.75) is 0 Å². The number of rotatable bonds is 3. The summed E-state index contributed by atoms with van der Waals surface area (Å²) in [5, 5.41) is 17.8. The van der Waals surface area contributed by atoms with Crippen LogP contribution in [0.1, 0.15) is 15.9 Å². The van der Waals surface area contributed by atoms with Gasteiger partial charge in [0.15, 0.2) is 0 Å². The van der Waals surface area contributed by atoms with Gasteiger partial charge in [-0.3, -0.25) is 0 Å². The van der Waals surface area contributed by atoms with E-state index in [2.05, 4.69) is 4.98 Å². The number of carboxylic acids is 1. The second-order valence-electron chi connectivity index (χ2n) is 3.53. The van der Waals surface area contributed by atoms with E-state index >= 15 is 0 Å². The van der Waals surface area contributed by atoms with Gasteiger partial charge in [-0.25, -0.2) is 9.78 Å². The van der Waals surface area contributed by atoms with E-state index in [9.17, 15) is 4.79 Å². The van der Waals surface area contributed by atoms with Gasteiger partial charge in [-0.15, -0.1) is 0 Å². The molecule has 0 saturated carbocycles. The second-order valence-corrected chi connectivity index (χ2v) is 3.92. The molecule has 0 atom stereocenters. The van der Waals surface area contributed by atoms with Gasteiger partial charge in [0.2, 0.25) is 5.88 Å². The van der Waals surface area contributed by atoms with Crippen molar-refractivity contribution in [3.63, 3.8) is 0 Å². The van der Waals surface area contributed by atoms with E-state index in [0.717, 1.165) is 0 Å². The molecule has 5 nitrogen and oxygen atoms in total. The molecule has 2 rings (SSSR count). The van der Waals surface area contributed by atoms with Crippen LogP contribution in [0.4, 0.5) is 0 Å². The van der Waals surface area contributed by atoms with Crippen LogP contribution in [0.2, 0.25) is 5.15 Å². The molecule has 1 aromatic heterocycles. The van der Waals surface area contributed by atoms with Gasteiger partial charge < -0.3 is 9.84 Å². The lowest BCUT2D eigenvalue weighted by atomic mass is 10.2. The Morgan fingerprint density at radius 1 is 1.26 bits per heavy atom. The lowest BCUT2D eigenvalue weighted by molar-refractivity contribution is 0.0693. The largest absolute Gasteiger partial charge is 0.477 e. The normalized spacial score (nSPS) is 9.68. The Labute approximate surface area is 113 Å². The number of nitrogens with zero attached hydrogens (tertiary/aromatic N) is 2. The van der Waals surface area contributed by atoms with E-state index in [4.69, 9.17) is 26.7 Å². The van der Waals surface area contributed by atoms with Crippen molar-refractivity contribution in [3.05, 3.63) is 52.7 Å². The van der Waals surface area contributed by atoms with Gasteiger partial charge in [-0.1, -0.05) is 11.6 Å². The Morgan fingerprint density at radius 2 is 1.95 bits per heavy atom. The zero-order valence-electron chi connectivity index (χ0n) is 9.50. The highest BCUT2D eigenvalue weighted by Gasteiger charge is 2.14. The number of aromatic carboxylic acids is 1.